The molecule has 4 aromatic rings. The molecule has 0 saturated heterocycles. The van der Waals surface area contributed by atoms with Gasteiger partial charge in [-0.05, 0) is 54.1 Å². The number of carbonyl (C=O) groups excluding carboxylic acids is 1. The molecule has 2 heterocycles. The lowest BCUT2D eigenvalue weighted by molar-refractivity contribution is -0.115. The van der Waals surface area contributed by atoms with Gasteiger partial charge in [0.25, 0.3) is 0 Å². The lowest BCUT2D eigenvalue weighted by Gasteiger charge is -2.08. The number of hydrogen-bond donors (Lipinski definition) is 1. The minimum Gasteiger partial charge on any atom is -0.329 e. The molecule has 2 aromatic carbocycles. The Morgan fingerprint density at radius 1 is 1.00 bits per heavy atom. The summed E-state index contributed by atoms with van der Waals surface area (Å²) in [6.45, 7) is 0. The average Bonchev–Trinajstić information content (AvgIpc) is 3.36. The highest BCUT2D eigenvalue weighted by Crippen LogP contribution is 2.26. The maximum atomic E-state index is 12.3. The smallest absolute Gasteiger partial charge is 0.228 e. The van der Waals surface area contributed by atoms with E-state index in [9.17, 15) is 4.79 Å². The van der Waals surface area contributed by atoms with Crippen LogP contribution in [0, 0.1) is 0 Å². The zero-order valence-electron chi connectivity index (χ0n) is 15.4. The van der Waals surface area contributed by atoms with Crippen LogP contribution in [-0.2, 0) is 18.3 Å². The third kappa shape index (κ3) is 4.35. The van der Waals surface area contributed by atoms with E-state index in [1.807, 2.05) is 95.4 Å². The largest absolute Gasteiger partial charge is 0.329 e. The van der Waals surface area contributed by atoms with Gasteiger partial charge >= 0.3 is 0 Å². The molecule has 140 valence electrons. The van der Waals surface area contributed by atoms with Gasteiger partial charge in [0.05, 0.1) is 6.42 Å². The fourth-order valence-electron chi connectivity index (χ4n) is 2.85. The summed E-state index contributed by atoms with van der Waals surface area (Å²) in [4.78, 5) is 17.7. The lowest BCUT2D eigenvalue weighted by Crippen LogP contribution is -2.14. The number of aryl methyl sites for hydroxylation is 1. The Hall–Kier alpha value is -3.25. The van der Waals surface area contributed by atoms with E-state index in [2.05, 4.69) is 10.3 Å². The Bertz CT molecular complexity index is 1050. The monoisotopic (exact) mass is 388 g/mol. The van der Waals surface area contributed by atoms with Crippen molar-refractivity contribution in [2.75, 3.05) is 5.32 Å². The minimum atomic E-state index is -0.0294. The first-order valence-corrected chi connectivity index (χ1v) is 9.76. The highest BCUT2D eigenvalue weighted by Gasteiger charge is 2.06. The SMILES string of the molecule is Cn1ccnc1Sc1ccc(NC(=O)Cc2ccc(-n3cccc3)cc2)cc1. The van der Waals surface area contributed by atoms with Crippen LogP contribution in [0.2, 0.25) is 0 Å². The first-order chi connectivity index (χ1) is 13.7. The number of rotatable bonds is 6. The molecule has 0 bridgehead atoms. The molecule has 0 aliphatic heterocycles. The standard InChI is InChI=1S/C22H20N4OS/c1-25-15-12-23-22(25)28-20-10-6-18(7-11-20)24-21(27)16-17-4-8-19(9-5-17)26-13-2-3-14-26/h2-15H,16H2,1H3,(H,24,27). The van der Waals surface area contributed by atoms with Crippen molar-refractivity contribution in [3.05, 3.63) is 91.0 Å². The molecule has 5 nitrogen and oxygen atoms in total. The summed E-state index contributed by atoms with van der Waals surface area (Å²) in [7, 11) is 1.97. The van der Waals surface area contributed by atoms with Gasteiger partial charge in [0, 0.05) is 48.1 Å². The fraction of sp³-hybridized carbons (Fsp3) is 0.0909. The molecule has 2 aromatic heterocycles. The molecule has 0 saturated carbocycles. The van der Waals surface area contributed by atoms with Gasteiger partial charge in [0.2, 0.25) is 5.91 Å². The van der Waals surface area contributed by atoms with Crippen molar-refractivity contribution in [2.24, 2.45) is 7.05 Å². The molecule has 0 spiro atoms. The highest BCUT2D eigenvalue weighted by atomic mass is 32.2. The molecule has 28 heavy (non-hydrogen) atoms. The lowest BCUT2D eigenvalue weighted by atomic mass is 10.1. The number of nitrogens with zero attached hydrogens (tertiary/aromatic N) is 3. The van der Waals surface area contributed by atoms with E-state index in [1.54, 1.807) is 18.0 Å². The predicted octanol–water partition coefficient (Wildman–Crippen LogP) is 4.54. The minimum absolute atomic E-state index is 0.0294. The van der Waals surface area contributed by atoms with Crippen molar-refractivity contribution < 1.29 is 4.79 Å². The Morgan fingerprint density at radius 3 is 2.36 bits per heavy atom. The van der Waals surface area contributed by atoms with Crippen molar-refractivity contribution >= 4 is 23.4 Å². The predicted molar refractivity (Wildman–Crippen MR) is 112 cm³/mol. The van der Waals surface area contributed by atoms with Crippen LogP contribution in [0.15, 0.2) is 95.5 Å². The number of carbonyl (C=O) groups is 1. The van der Waals surface area contributed by atoms with Crippen molar-refractivity contribution in [2.45, 2.75) is 16.5 Å². The summed E-state index contributed by atoms with van der Waals surface area (Å²) >= 11 is 1.59. The average molecular weight is 388 g/mol. The van der Waals surface area contributed by atoms with Gasteiger partial charge in [-0.1, -0.05) is 23.9 Å². The molecular formula is C22H20N4OS. The van der Waals surface area contributed by atoms with E-state index >= 15 is 0 Å². The van der Waals surface area contributed by atoms with Crippen LogP contribution in [0.3, 0.4) is 0 Å². The van der Waals surface area contributed by atoms with Crippen LogP contribution in [0.4, 0.5) is 5.69 Å². The molecule has 4 rings (SSSR count). The molecule has 6 heteroatoms. The number of nitrogens with one attached hydrogen (secondary N) is 1. The maximum Gasteiger partial charge on any atom is 0.228 e. The third-order valence-corrected chi connectivity index (χ3v) is 5.41. The van der Waals surface area contributed by atoms with Gasteiger partial charge in [0.1, 0.15) is 0 Å². The van der Waals surface area contributed by atoms with Crippen molar-refractivity contribution in [1.82, 2.24) is 14.1 Å². The number of benzene rings is 2. The van der Waals surface area contributed by atoms with E-state index in [-0.39, 0.29) is 5.91 Å². The maximum absolute atomic E-state index is 12.3. The Balaban J connectivity index is 1.34. The summed E-state index contributed by atoms with van der Waals surface area (Å²) in [5.74, 6) is -0.0294. The first kappa shape index (κ1) is 18.1. The summed E-state index contributed by atoms with van der Waals surface area (Å²) in [6.07, 6.45) is 8.04. The van der Waals surface area contributed by atoms with Crippen LogP contribution in [0.1, 0.15) is 5.56 Å². The van der Waals surface area contributed by atoms with E-state index < -0.39 is 0 Å². The number of aromatic nitrogens is 3. The van der Waals surface area contributed by atoms with Gasteiger partial charge in [-0.15, -0.1) is 0 Å². The summed E-state index contributed by atoms with van der Waals surface area (Å²) in [5.41, 5.74) is 2.85. The first-order valence-electron chi connectivity index (χ1n) is 8.95. The van der Waals surface area contributed by atoms with Crippen LogP contribution in [0.5, 0.6) is 0 Å². The zero-order valence-corrected chi connectivity index (χ0v) is 16.3. The number of hydrogen-bond acceptors (Lipinski definition) is 3. The quantitative estimate of drug-likeness (QED) is 0.527. The van der Waals surface area contributed by atoms with Crippen LogP contribution in [-0.4, -0.2) is 20.0 Å². The van der Waals surface area contributed by atoms with Crippen LogP contribution in [0.25, 0.3) is 5.69 Å². The van der Waals surface area contributed by atoms with E-state index in [0.717, 1.165) is 27.0 Å². The Labute approximate surface area is 168 Å². The molecule has 0 aliphatic carbocycles. The third-order valence-electron chi connectivity index (χ3n) is 4.33. The second kappa shape index (κ2) is 8.19. The van der Waals surface area contributed by atoms with Gasteiger partial charge in [-0.2, -0.15) is 0 Å². The molecule has 0 aliphatic rings. The van der Waals surface area contributed by atoms with E-state index in [0.29, 0.717) is 6.42 Å². The van der Waals surface area contributed by atoms with Crippen LogP contribution < -0.4 is 5.32 Å². The van der Waals surface area contributed by atoms with E-state index in [4.69, 9.17) is 0 Å². The van der Waals surface area contributed by atoms with Gasteiger partial charge in [0.15, 0.2) is 5.16 Å². The number of anilines is 1. The molecule has 1 N–H and O–H groups in total. The normalized spacial score (nSPS) is 10.8. The molecule has 0 radical (unpaired) electrons. The molecule has 1 amide bonds. The number of amides is 1. The topological polar surface area (TPSA) is 51.9 Å². The summed E-state index contributed by atoms with van der Waals surface area (Å²) < 4.78 is 4.01. The second-order valence-corrected chi connectivity index (χ2v) is 7.47. The zero-order chi connectivity index (χ0) is 19.3. The van der Waals surface area contributed by atoms with Crippen molar-refractivity contribution in [3.63, 3.8) is 0 Å². The van der Waals surface area contributed by atoms with Gasteiger partial charge in [-0.3, -0.25) is 4.79 Å². The Kier molecular flexibility index (Phi) is 5.30. The fourth-order valence-corrected chi connectivity index (χ4v) is 3.65. The Morgan fingerprint density at radius 2 is 1.71 bits per heavy atom. The number of imidazole rings is 1. The second-order valence-electron chi connectivity index (χ2n) is 6.43. The molecular weight excluding hydrogens is 368 g/mol. The summed E-state index contributed by atoms with van der Waals surface area (Å²) in [6, 6.07) is 19.8. The molecule has 0 fully saturated rings. The molecule has 0 unspecified atom stereocenters. The van der Waals surface area contributed by atoms with Crippen molar-refractivity contribution in [3.8, 4) is 5.69 Å². The van der Waals surface area contributed by atoms with E-state index in [1.165, 1.54) is 0 Å². The highest BCUT2D eigenvalue weighted by molar-refractivity contribution is 7.99. The van der Waals surface area contributed by atoms with Crippen molar-refractivity contribution in [1.29, 1.82) is 0 Å². The van der Waals surface area contributed by atoms with Gasteiger partial charge < -0.3 is 14.5 Å². The van der Waals surface area contributed by atoms with Gasteiger partial charge in [-0.25, -0.2) is 4.98 Å². The molecule has 0 atom stereocenters. The van der Waals surface area contributed by atoms with Crippen LogP contribution >= 0.6 is 11.8 Å². The summed E-state index contributed by atoms with van der Waals surface area (Å²) in [5, 5.41) is 3.89.